The molecule has 9 nitrogen and oxygen atoms in total. The Kier molecular flexibility index (Phi) is 7.54. The second-order valence-electron chi connectivity index (χ2n) is 8.04. The van der Waals surface area contributed by atoms with E-state index in [0.717, 1.165) is 35.5 Å². The lowest BCUT2D eigenvalue weighted by Crippen LogP contribution is -2.36. The second-order valence-corrected chi connectivity index (χ2v) is 9.07. The molecular weight excluding hydrogens is 468 g/mol. The van der Waals surface area contributed by atoms with Gasteiger partial charge in [0.15, 0.2) is 0 Å². The van der Waals surface area contributed by atoms with E-state index in [1.165, 1.54) is 7.11 Å². The van der Waals surface area contributed by atoms with Gasteiger partial charge in [0.05, 0.1) is 25.2 Å². The maximum Gasteiger partial charge on any atom is 0.255 e. The van der Waals surface area contributed by atoms with E-state index < -0.39 is 11.0 Å². The molecule has 1 unspecified atom stereocenters. The van der Waals surface area contributed by atoms with Gasteiger partial charge in [-0.05, 0) is 59.6 Å². The molecule has 0 spiro atoms. The van der Waals surface area contributed by atoms with Gasteiger partial charge in [0.2, 0.25) is 0 Å². The number of rotatable bonds is 7. The summed E-state index contributed by atoms with van der Waals surface area (Å²) in [6.45, 7) is 4.60. The van der Waals surface area contributed by atoms with Crippen LogP contribution >= 0.6 is 0 Å². The van der Waals surface area contributed by atoms with Crippen LogP contribution in [-0.4, -0.2) is 43.5 Å². The van der Waals surface area contributed by atoms with E-state index in [0.29, 0.717) is 40.8 Å². The fourth-order valence-electron chi connectivity index (χ4n) is 4.09. The molecule has 0 radical (unpaired) electrons. The zero-order chi connectivity index (χ0) is 24.9. The molecule has 1 atom stereocenters. The Morgan fingerprint density at radius 2 is 1.83 bits per heavy atom. The maximum absolute atomic E-state index is 12.9. The van der Waals surface area contributed by atoms with E-state index in [-0.39, 0.29) is 5.91 Å². The van der Waals surface area contributed by atoms with Gasteiger partial charge in [-0.25, -0.2) is 9.35 Å². The third-order valence-corrected chi connectivity index (χ3v) is 6.63. The van der Waals surface area contributed by atoms with Crippen LogP contribution in [-0.2, 0) is 15.7 Å². The van der Waals surface area contributed by atoms with Crippen LogP contribution in [0.4, 0.5) is 17.1 Å². The first kappa shape index (κ1) is 24.5. The molecule has 0 aliphatic carbocycles. The summed E-state index contributed by atoms with van der Waals surface area (Å²) in [4.78, 5) is 26.6. The van der Waals surface area contributed by atoms with E-state index in [4.69, 9.17) is 14.6 Å². The second kappa shape index (κ2) is 10.8. The Morgan fingerprint density at radius 3 is 2.49 bits per heavy atom. The molecule has 3 N–H and O–H groups in total. The van der Waals surface area contributed by atoms with Crippen LogP contribution in [0.2, 0.25) is 0 Å². The van der Waals surface area contributed by atoms with Crippen LogP contribution in [0.15, 0.2) is 64.7 Å². The lowest BCUT2D eigenvalue weighted by Gasteiger charge is -2.31. The van der Waals surface area contributed by atoms with E-state index in [1.54, 1.807) is 36.4 Å². The van der Waals surface area contributed by atoms with Crippen molar-refractivity contribution < 1.29 is 18.5 Å². The van der Waals surface area contributed by atoms with Gasteiger partial charge in [-0.2, -0.15) is 0 Å². The van der Waals surface area contributed by atoms with Gasteiger partial charge in [0.25, 0.3) is 5.91 Å². The van der Waals surface area contributed by atoms with Gasteiger partial charge in [-0.3, -0.25) is 4.79 Å². The summed E-state index contributed by atoms with van der Waals surface area (Å²) in [7, 11) is -0.252. The zero-order valence-corrected chi connectivity index (χ0v) is 20.3. The van der Waals surface area contributed by atoms with Gasteiger partial charge in [-0.15, -0.1) is 4.91 Å². The quantitative estimate of drug-likeness (QED) is 0.476. The van der Waals surface area contributed by atoms with Crippen LogP contribution in [0.25, 0.3) is 11.1 Å². The molecule has 35 heavy (non-hydrogen) atoms. The Hall–Kier alpha value is -3.60. The Labute approximate surface area is 205 Å². The molecule has 3 aromatic carbocycles. The smallest absolute Gasteiger partial charge is 0.255 e. The highest BCUT2D eigenvalue weighted by molar-refractivity contribution is 7.82. The van der Waals surface area contributed by atoms with Crippen LogP contribution < -0.4 is 20.1 Å². The van der Waals surface area contributed by atoms with E-state index in [2.05, 4.69) is 15.4 Å². The highest BCUT2D eigenvalue weighted by Gasteiger charge is 2.19. The van der Waals surface area contributed by atoms with Crippen molar-refractivity contribution in [3.63, 3.8) is 0 Å². The number of carbonyl (C=O) groups is 1. The van der Waals surface area contributed by atoms with Gasteiger partial charge in [0.1, 0.15) is 22.4 Å². The fourth-order valence-corrected chi connectivity index (χ4v) is 4.64. The summed E-state index contributed by atoms with van der Waals surface area (Å²) in [5.41, 5.74) is 5.07. The van der Waals surface area contributed by atoms with Gasteiger partial charge < -0.3 is 19.7 Å². The number of nitrogens with zero attached hydrogens (tertiary/aromatic N) is 2. The van der Waals surface area contributed by atoms with E-state index >= 15 is 0 Å². The highest BCUT2D eigenvalue weighted by Crippen LogP contribution is 2.37. The van der Waals surface area contributed by atoms with Gasteiger partial charge >= 0.3 is 0 Å². The zero-order valence-electron chi connectivity index (χ0n) is 19.4. The maximum atomic E-state index is 12.9. The Bertz CT molecular complexity index is 1290. The monoisotopic (exact) mass is 494 g/mol. The lowest BCUT2D eigenvalue weighted by atomic mass is 9.95. The number of hydrogen-bond acceptors (Lipinski definition) is 7. The molecule has 1 aliphatic heterocycles. The SMILES string of the molecule is COc1cc(NC(=O)c2ccc(-c3ccc(N=O)cc3N3CCOCC3)c(C)c2)ccc1S(N)=O. The molecule has 182 valence electrons. The minimum Gasteiger partial charge on any atom is -0.495 e. The number of morpholine rings is 1. The number of nitrogens with one attached hydrogen (secondary N) is 1. The van der Waals surface area contributed by atoms with E-state index in [9.17, 15) is 13.9 Å². The molecule has 1 amide bonds. The summed E-state index contributed by atoms with van der Waals surface area (Å²) in [6, 6.07) is 15.6. The predicted octanol–water partition coefficient (Wildman–Crippen LogP) is 4.14. The summed E-state index contributed by atoms with van der Waals surface area (Å²) in [5, 5.41) is 11.4. The molecule has 1 aliphatic rings. The van der Waals surface area contributed by atoms with Crippen molar-refractivity contribution in [1.82, 2.24) is 0 Å². The van der Waals surface area contributed by atoms with Crippen LogP contribution in [0.5, 0.6) is 5.75 Å². The van der Waals surface area contributed by atoms with Crippen molar-refractivity contribution in [3.8, 4) is 16.9 Å². The third-order valence-electron chi connectivity index (χ3n) is 5.86. The molecule has 0 aromatic heterocycles. The molecule has 1 fully saturated rings. The fraction of sp³-hybridized carbons (Fsp3) is 0.240. The largest absolute Gasteiger partial charge is 0.495 e. The Balaban J connectivity index is 1.61. The normalized spacial score (nSPS) is 14.3. The number of methoxy groups -OCH3 is 1. The lowest BCUT2D eigenvalue weighted by molar-refractivity contribution is 0.102. The first-order valence-corrected chi connectivity index (χ1v) is 12.2. The van der Waals surface area contributed by atoms with Gasteiger partial charge in [0, 0.05) is 41.7 Å². The van der Waals surface area contributed by atoms with Crippen molar-refractivity contribution in [3.05, 3.63) is 70.6 Å². The van der Waals surface area contributed by atoms with Crippen molar-refractivity contribution in [2.24, 2.45) is 10.3 Å². The number of aryl methyl sites for hydroxylation is 1. The molecule has 10 heteroatoms. The molecule has 0 bridgehead atoms. The van der Waals surface area contributed by atoms with Crippen molar-refractivity contribution in [2.75, 3.05) is 43.6 Å². The number of benzene rings is 3. The first-order chi connectivity index (χ1) is 16.9. The number of nitroso groups, excluding NO2 is 1. The van der Waals surface area contributed by atoms with Crippen molar-refractivity contribution in [2.45, 2.75) is 11.8 Å². The molecule has 4 rings (SSSR count). The molecule has 3 aromatic rings. The van der Waals surface area contributed by atoms with Crippen molar-refractivity contribution in [1.29, 1.82) is 0 Å². The summed E-state index contributed by atoms with van der Waals surface area (Å²) < 4.78 is 22.3. The summed E-state index contributed by atoms with van der Waals surface area (Å²) in [5.74, 6) is 0.0382. The molecule has 1 heterocycles. The van der Waals surface area contributed by atoms with Crippen LogP contribution in [0, 0.1) is 11.8 Å². The number of nitrogens with two attached hydrogens (primary N) is 1. The highest BCUT2D eigenvalue weighted by atomic mass is 32.2. The predicted molar refractivity (Wildman–Crippen MR) is 137 cm³/mol. The Morgan fingerprint density at radius 1 is 1.09 bits per heavy atom. The van der Waals surface area contributed by atoms with E-state index in [1.807, 2.05) is 25.1 Å². The molecule has 1 saturated heterocycles. The van der Waals surface area contributed by atoms with Crippen LogP contribution in [0.3, 0.4) is 0 Å². The van der Waals surface area contributed by atoms with Gasteiger partial charge in [-0.1, -0.05) is 12.1 Å². The standard InChI is InChI=1S/C25H26N4O5S/c1-16-13-17(25(30)27-18-5-8-24(35(26)32)23(15-18)33-2)3-6-20(16)21-7-4-19(28-31)14-22(21)29-9-11-34-12-10-29/h3-8,13-15H,9-12,26H2,1-2H3,(H,27,30). The third kappa shape index (κ3) is 5.40. The topological polar surface area (TPSA) is 123 Å². The number of carbonyl (C=O) groups excluding carboxylic acids is 1. The number of amides is 1. The minimum atomic E-state index is -1.70. The molecular formula is C25H26N4O5S. The molecule has 0 saturated carbocycles. The summed E-state index contributed by atoms with van der Waals surface area (Å²) >= 11 is 0. The number of hydrogen-bond donors (Lipinski definition) is 2. The minimum absolute atomic E-state index is 0.294. The summed E-state index contributed by atoms with van der Waals surface area (Å²) in [6.07, 6.45) is 0. The average molecular weight is 495 g/mol. The number of ether oxygens (including phenoxy) is 2. The first-order valence-electron chi connectivity index (χ1n) is 11.0. The average Bonchev–Trinajstić information content (AvgIpc) is 2.88. The van der Waals surface area contributed by atoms with Crippen molar-refractivity contribution >= 4 is 34.0 Å². The number of anilines is 2. The van der Waals surface area contributed by atoms with Crippen LogP contribution in [0.1, 0.15) is 15.9 Å².